The summed E-state index contributed by atoms with van der Waals surface area (Å²) in [6.45, 7) is 1.78. The Kier molecular flexibility index (Phi) is 5.89. The molecule has 7 nitrogen and oxygen atoms in total. The monoisotopic (exact) mass is 454 g/mol. The van der Waals surface area contributed by atoms with E-state index >= 15 is 0 Å². The standard InChI is InChI=1S/C23H21F3N6O/c1-13-7-15-8-16(10-30-21(15)31-20(13)28)22(33)32(19-4-2-3-14(19)9-27)12-18-6-5-17(11-29-18)23(24,25)26/h5-8,10-11,14,19H,2-4,12H2,1H3,(H2,28,30,31)/t14-,19-/m0/s1. The van der Waals surface area contributed by atoms with Gasteiger partial charge in [0.05, 0.1) is 35.4 Å². The van der Waals surface area contributed by atoms with Crippen molar-refractivity contribution < 1.29 is 18.0 Å². The van der Waals surface area contributed by atoms with E-state index in [4.69, 9.17) is 5.73 Å². The van der Waals surface area contributed by atoms with Gasteiger partial charge in [-0.25, -0.2) is 9.97 Å². The minimum absolute atomic E-state index is 0.0170. The van der Waals surface area contributed by atoms with Crippen LogP contribution in [-0.2, 0) is 12.7 Å². The van der Waals surface area contributed by atoms with Crippen LogP contribution < -0.4 is 5.73 Å². The Bertz CT molecular complexity index is 1240. The zero-order valence-corrected chi connectivity index (χ0v) is 17.8. The Hall–Kier alpha value is -3.74. The van der Waals surface area contributed by atoms with E-state index in [-0.39, 0.29) is 24.4 Å². The molecule has 0 saturated heterocycles. The summed E-state index contributed by atoms with van der Waals surface area (Å²) in [4.78, 5) is 27.5. The van der Waals surface area contributed by atoms with E-state index in [2.05, 4.69) is 21.0 Å². The highest BCUT2D eigenvalue weighted by atomic mass is 19.4. The van der Waals surface area contributed by atoms with Crippen molar-refractivity contribution in [2.45, 2.75) is 44.9 Å². The van der Waals surface area contributed by atoms with E-state index < -0.39 is 11.7 Å². The van der Waals surface area contributed by atoms with Gasteiger partial charge in [-0.05, 0) is 56.0 Å². The van der Waals surface area contributed by atoms with E-state index in [9.17, 15) is 23.2 Å². The van der Waals surface area contributed by atoms with Gasteiger partial charge in [0, 0.05) is 23.8 Å². The number of nitrogens with zero attached hydrogens (tertiary/aromatic N) is 5. The van der Waals surface area contributed by atoms with Gasteiger partial charge in [0.25, 0.3) is 5.91 Å². The second kappa shape index (κ2) is 8.65. The lowest BCUT2D eigenvalue weighted by Gasteiger charge is -2.31. The van der Waals surface area contributed by atoms with Crippen molar-refractivity contribution in [2.24, 2.45) is 5.92 Å². The Labute approximate surface area is 188 Å². The number of hydrogen-bond acceptors (Lipinski definition) is 6. The summed E-state index contributed by atoms with van der Waals surface area (Å²) in [7, 11) is 0. The van der Waals surface area contributed by atoms with E-state index in [1.807, 2.05) is 0 Å². The average molecular weight is 454 g/mol. The van der Waals surface area contributed by atoms with Gasteiger partial charge in [0.15, 0.2) is 5.65 Å². The van der Waals surface area contributed by atoms with Gasteiger partial charge in [-0.15, -0.1) is 0 Å². The van der Waals surface area contributed by atoms with Crippen LogP contribution in [0.25, 0.3) is 11.0 Å². The molecule has 0 unspecified atom stereocenters. The van der Waals surface area contributed by atoms with Crippen molar-refractivity contribution >= 4 is 22.8 Å². The first kappa shape index (κ1) is 22.5. The Morgan fingerprint density at radius 3 is 2.70 bits per heavy atom. The molecule has 170 valence electrons. The molecule has 1 amide bonds. The van der Waals surface area contributed by atoms with Gasteiger partial charge < -0.3 is 10.6 Å². The summed E-state index contributed by atoms with van der Waals surface area (Å²) in [6.07, 6.45) is -0.274. The maximum Gasteiger partial charge on any atom is 0.417 e. The van der Waals surface area contributed by atoms with Crippen molar-refractivity contribution in [1.29, 1.82) is 5.26 Å². The Morgan fingerprint density at radius 2 is 2.03 bits per heavy atom. The fraction of sp³-hybridized carbons (Fsp3) is 0.348. The molecule has 33 heavy (non-hydrogen) atoms. The number of nitrogens with two attached hydrogens (primary N) is 1. The molecule has 1 fully saturated rings. The van der Waals surface area contributed by atoms with Crippen molar-refractivity contribution in [3.63, 3.8) is 0 Å². The molecular formula is C23H21F3N6O. The number of anilines is 1. The molecule has 10 heteroatoms. The lowest BCUT2D eigenvalue weighted by Crippen LogP contribution is -2.42. The number of nitriles is 1. The van der Waals surface area contributed by atoms with E-state index in [1.165, 1.54) is 17.2 Å². The molecule has 0 aromatic carbocycles. The molecule has 0 radical (unpaired) electrons. The van der Waals surface area contributed by atoms with Crippen LogP contribution in [0.2, 0.25) is 0 Å². The van der Waals surface area contributed by atoms with Gasteiger partial charge in [0.2, 0.25) is 0 Å². The van der Waals surface area contributed by atoms with Gasteiger partial charge in [0.1, 0.15) is 5.82 Å². The van der Waals surface area contributed by atoms with E-state index in [0.29, 0.717) is 41.0 Å². The van der Waals surface area contributed by atoms with Crippen LogP contribution in [-0.4, -0.2) is 31.8 Å². The molecule has 1 saturated carbocycles. The lowest BCUT2D eigenvalue weighted by molar-refractivity contribution is -0.137. The number of halogens is 3. The third kappa shape index (κ3) is 4.58. The predicted octanol–water partition coefficient (Wildman–Crippen LogP) is 4.27. The number of aromatic nitrogens is 3. The second-order valence-electron chi connectivity index (χ2n) is 8.16. The Morgan fingerprint density at radius 1 is 1.24 bits per heavy atom. The molecule has 3 heterocycles. The van der Waals surface area contributed by atoms with Crippen molar-refractivity contribution in [3.05, 3.63) is 59.0 Å². The smallest absolute Gasteiger partial charge is 0.383 e. The van der Waals surface area contributed by atoms with Crippen LogP contribution in [0.4, 0.5) is 19.0 Å². The number of pyridine rings is 3. The zero-order valence-electron chi connectivity index (χ0n) is 17.8. The number of rotatable bonds is 4. The van der Waals surface area contributed by atoms with Gasteiger partial charge >= 0.3 is 6.18 Å². The largest absolute Gasteiger partial charge is 0.417 e. The van der Waals surface area contributed by atoms with Crippen LogP contribution in [0.1, 0.15) is 46.4 Å². The summed E-state index contributed by atoms with van der Waals surface area (Å²) >= 11 is 0. The SMILES string of the molecule is Cc1cc2cc(C(=O)N(Cc3ccc(C(F)(F)F)cn3)[C@H]3CCC[C@H]3C#N)cnc2nc1N. The molecule has 0 aliphatic heterocycles. The second-order valence-corrected chi connectivity index (χ2v) is 8.16. The first-order chi connectivity index (χ1) is 15.7. The summed E-state index contributed by atoms with van der Waals surface area (Å²) in [5.74, 6) is -0.375. The Balaban J connectivity index is 1.69. The molecule has 3 aromatic heterocycles. The number of fused-ring (bicyclic) bond motifs is 1. The van der Waals surface area contributed by atoms with Crippen LogP contribution in [0.15, 0.2) is 36.7 Å². The maximum atomic E-state index is 13.5. The minimum atomic E-state index is -4.50. The van der Waals surface area contributed by atoms with Crippen LogP contribution in [0, 0.1) is 24.2 Å². The first-order valence-corrected chi connectivity index (χ1v) is 10.4. The van der Waals surface area contributed by atoms with Crippen molar-refractivity contribution in [2.75, 3.05) is 5.73 Å². The summed E-state index contributed by atoms with van der Waals surface area (Å²) in [6, 6.07) is 7.54. The van der Waals surface area contributed by atoms with Crippen LogP contribution >= 0.6 is 0 Å². The number of carbonyl (C=O) groups excluding carboxylic acids is 1. The molecule has 1 aliphatic carbocycles. The number of alkyl halides is 3. The summed E-state index contributed by atoms with van der Waals surface area (Å²) in [5, 5.41) is 10.2. The quantitative estimate of drug-likeness (QED) is 0.631. The molecule has 0 bridgehead atoms. The fourth-order valence-corrected chi connectivity index (χ4v) is 4.13. The van der Waals surface area contributed by atoms with Crippen LogP contribution in [0.3, 0.4) is 0 Å². The molecular weight excluding hydrogens is 433 g/mol. The number of amides is 1. The number of carbonyl (C=O) groups is 1. The molecule has 4 rings (SSSR count). The number of hydrogen-bond donors (Lipinski definition) is 1. The number of aryl methyl sites for hydroxylation is 1. The van der Waals surface area contributed by atoms with E-state index in [0.717, 1.165) is 24.2 Å². The minimum Gasteiger partial charge on any atom is -0.383 e. The van der Waals surface area contributed by atoms with Gasteiger partial charge in [-0.1, -0.05) is 0 Å². The van der Waals surface area contributed by atoms with E-state index in [1.54, 1.807) is 19.1 Å². The predicted molar refractivity (Wildman–Crippen MR) is 115 cm³/mol. The highest BCUT2D eigenvalue weighted by Gasteiger charge is 2.36. The fourth-order valence-electron chi connectivity index (χ4n) is 4.13. The third-order valence-corrected chi connectivity index (χ3v) is 5.94. The zero-order chi connectivity index (χ0) is 23.8. The molecule has 0 spiro atoms. The highest BCUT2D eigenvalue weighted by Crippen LogP contribution is 2.32. The number of nitrogen functional groups attached to an aromatic ring is 1. The topological polar surface area (TPSA) is 109 Å². The summed E-state index contributed by atoms with van der Waals surface area (Å²) < 4.78 is 38.7. The third-order valence-electron chi connectivity index (χ3n) is 5.94. The van der Waals surface area contributed by atoms with Gasteiger partial charge in [-0.2, -0.15) is 18.4 Å². The average Bonchev–Trinajstić information content (AvgIpc) is 3.26. The maximum absolute atomic E-state index is 13.5. The van der Waals surface area contributed by atoms with Crippen molar-refractivity contribution in [1.82, 2.24) is 19.9 Å². The molecule has 3 aromatic rings. The first-order valence-electron chi connectivity index (χ1n) is 10.4. The normalized spacial score (nSPS) is 18.3. The molecule has 2 atom stereocenters. The molecule has 1 aliphatic rings. The van der Waals surface area contributed by atoms with Crippen molar-refractivity contribution in [3.8, 4) is 6.07 Å². The highest BCUT2D eigenvalue weighted by molar-refractivity contribution is 5.97. The summed E-state index contributed by atoms with van der Waals surface area (Å²) in [5.41, 5.74) is 6.73. The molecule has 2 N–H and O–H groups in total. The van der Waals surface area contributed by atoms with Gasteiger partial charge in [-0.3, -0.25) is 9.78 Å². The van der Waals surface area contributed by atoms with Crippen LogP contribution in [0.5, 0.6) is 0 Å². The lowest BCUT2D eigenvalue weighted by atomic mass is 10.0.